The fourth-order valence-corrected chi connectivity index (χ4v) is 2.92. The van der Waals surface area contributed by atoms with Gasteiger partial charge in [-0.05, 0) is 54.8 Å². The van der Waals surface area contributed by atoms with Crippen molar-refractivity contribution in [2.75, 3.05) is 6.54 Å². The van der Waals surface area contributed by atoms with Gasteiger partial charge in [0.15, 0.2) is 0 Å². The Morgan fingerprint density at radius 2 is 1.95 bits per heavy atom. The Morgan fingerprint density at radius 1 is 1.19 bits per heavy atom. The van der Waals surface area contributed by atoms with Crippen LogP contribution in [0.1, 0.15) is 29.7 Å². The van der Waals surface area contributed by atoms with Gasteiger partial charge in [-0.2, -0.15) is 0 Å². The van der Waals surface area contributed by atoms with E-state index in [0.717, 1.165) is 17.7 Å². The topological polar surface area (TPSA) is 12.0 Å². The predicted octanol–water partition coefficient (Wildman–Crippen LogP) is 5.33. The average Bonchev–Trinajstić information content (AvgIpc) is 2.43. The van der Waals surface area contributed by atoms with E-state index in [4.69, 9.17) is 23.2 Å². The van der Waals surface area contributed by atoms with Crippen molar-refractivity contribution in [3.05, 3.63) is 69.0 Å². The zero-order valence-electron chi connectivity index (χ0n) is 12.1. The molecule has 21 heavy (non-hydrogen) atoms. The van der Waals surface area contributed by atoms with Crippen LogP contribution in [0.5, 0.6) is 0 Å². The van der Waals surface area contributed by atoms with E-state index < -0.39 is 0 Å². The molecule has 112 valence electrons. The van der Waals surface area contributed by atoms with Gasteiger partial charge in [-0.15, -0.1) is 0 Å². The molecule has 2 rings (SSSR count). The third-order valence-electron chi connectivity index (χ3n) is 3.51. The Kier molecular flexibility index (Phi) is 5.63. The van der Waals surface area contributed by atoms with Crippen LogP contribution in [-0.4, -0.2) is 6.54 Å². The molecule has 0 aliphatic carbocycles. The van der Waals surface area contributed by atoms with E-state index in [1.807, 2.05) is 32.0 Å². The molecule has 0 amide bonds. The fraction of sp³-hybridized carbons (Fsp3) is 0.294. The van der Waals surface area contributed by atoms with Crippen molar-refractivity contribution in [3.8, 4) is 0 Å². The van der Waals surface area contributed by atoms with Crippen LogP contribution in [0, 0.1) is 12.7 Å². The van der Waals surface area contributed by atoms with Crippen molar-refractivity contribution in [3.63, 3.8) is 0 Å². The number of hydrogen-bond acceptors (Lipinski definition) is 1. The summed E-state index contributed by atoms with van der Waals surface area (Å²) in [5, 5.41) is 4.27. The standard InChI is InChI=1S/C17H18Cl2FN/c1-3-21-16(14-8-7-13(18)9-11(14)2)10-12-5-4-6-15(19)17(12)20/h4-9,16,21H,3,10H2,1-2H3. The van der Waals surface area contributed by atoms with Gasteiger partial charge in [0.2, 0.25) is 0 Å². The molecule has 0 fully saturated rings. The maximum absolute atomic E-state index is 14.1. The molecule has 0 aliphatic rings. The number of likely N-dealkylation sites (N-methyl/N-ethyl adjacent to an activating group) is 1. The number of nitrogens with one attached hydrogen (secondary N) is 1. The van der Waals surface area contributed by atoms with Crippen LogP contribution in [-0.2, 0) is 6.42 Å². The Bertz CT molecular complexity index is 628. The van der Waals surface area contributed by atoms with E-state index in [9.17, 15) is 4.39 Å². The quantitative estimate of drug-likeness (QED) is 0.782. The highest BCUT2D eigenvalue weighted by Gasteiger charge is 2.16. The summed E-state index contributed by atoms with van der Waals surface area (Å²) in [7, 11) is 0. The second kappa shape index (κ2) is 7.26. The highest BCUT2D eigenvalue weighted by Crippen LogP contribution is 2.27. The maximum Gasteiger partial charge on any atom is 0.145 e. The first-order chi connectivity index (χ1) is 10.0. The summed E-state index contributed by atoms with van der Waals surface area (Å²) in [5.41, 5.74) is 2.83. The van der Waals surface area contributed by atoms with Crippen molar-refractivity contribution >= 4 is 23.2 Å². The Labute approximate surface area is 135 Å². The molecule has 0 saturated heterocycles. The molecule has 1 N–H and O–H groups in total. The molecule has 4 heteroatoms. The normalized spacial score (nSPS) is 12.4. The minimum absolute atomic E-state index is 0.0280. The highest BCUT2D eigenvalue weighted by molar-refractivity contribution is 6.31. The Balaban J connectivity index is 2.33. The summed E-state index contributed by atoms with van der Waals surface area (Å²) in [6.45, 7) is 4.85. The number of hydrogen-bond donors (Lipinski definition) is 1. The molecule has 1 nitrogen and oxygen atoms in total. The summed E-state index contributed by atoms with van der Waals surface area (Å²) in [6.07, 6.45) is 0.544. The Morgan fingerprint density at radius 3 is 2.62 bits per heavy atom. The molecule has 0 aliphatic heterocycles. The molecule has 1 atom stereocenters. The van der Waals surface area contributed by atoms with Crippen LogP contribution >= 0.6 is 23.2 Å². The van der Waals surface area contributed by atoms with Gasteiger partial charge >= 0.3 is 0 Å². The van der Waals surface area contributed by atoms with E-state index in [-0.39, 0.29) is 16.9 Å². The summed E-state index contributed by atoms with van der Waals surface area (Å²) < 4.78 is 14.1. The molecule has 0 radical (unpaired) electrons. The molecular formula is C17H18Cl2FN. The summed E-state index contributed by atoms with van der Waals surface area (Å²) >= 11 is 11.9. The SMILES string of the molecule is CCNC(Cc1cccc(Cl)c1F)c1ccc(Cl)cc1C. The first-order valence-corrected chi connectivity index (χ1v) is 7.70. The molecule has 2 aromatic carbocycles. The number of aryl methyl sites for hydroxylation is 1. The van der Waals surface area contributed by atoms with Crippen LogP contribution in [0.15, 0.2) is 36.4 Å². The largest absolute Gasteiger partial charge is 0.310 e. The first-order valence-electron chi connectivity index (χ1n) is 6.95. The van der Waals surface area contributed by atoms with Gasteiger partial charge in [-0.3, -0.25) is 0 Å². The minimum atomic E-state index is -0.339. The lowest BCUT2D eigenvalue weighted by molar-refractivity contribution is 0.526. The number of rotatable bonds is 5. The lowest BCUT2D eigenvalue weighted by Gasteiger charge is -2.21. The van der Waals surface area contributed by atoms with Crippen LogP contribution in [0.2, 0.25) is 10.0 Å². The summed E-state index contributed by atoms with van der Waals surface area (Å²) in [4.78, 5) is 0. The maximum atomic E-state index is 14.1. The van der Waals surface area contributed by atoms with Gasteiger partial charge in [-0.1, -0.05) is 48.3 Å². The van der Waals surface area contributed by atoms with Crippen molar-refractivity contribution in [2.45, 2.75) is 26.3 Å². The van der Waals surface area contributed by atoms with E-state index >= 15 is 0 Å². The monoisotopic (exact) mass is 325 g/mol. The first kappa shape index (κ1) is 16.3. The second-order valence-electron chi connectivity index (χ2n) is 5.03. The van der Waals surface area contributed by atoms with E-state index in [1.165, 1.54) is 0 Å². The van der Waals surface area contributed by atoms with Crippen molar-refractivity contribution in [1.82, 2.24) is 5.32 Å². The third kappa shape index (κ3) is 3.97. The van der Waals surface area contributed by atoms with Crippen LogP contribution in [0.3, 0.4) is 0 Å². The van der Waals surface area contributed by atoms with E-state index in [1.54, 1.807) is 18.2 Å². The number of benzene rings is 2. The number of halogens is 3. The second-order valence-corrected chi connectivity index (χ2v) is 5.87. The fourth-order valence-electron chi connectivity index (χ4n) is 2.49. The molecule has 0 spiro atoms. The minimum Gasteiger partial charge on any atom is -0.310 e. The van der Waals surface area contributed by atoms with Gasteiger partial charge < -0.3 is 5.32 Å². The lowest BCUT2D eigenvalue weighted by Crippen LogP contribution is -2.24. The van der Waals surface area contributed by atoms with Gasteiger partial charge in [-0.25, -0.2) is 4.39 Å². The summed E-state index contributed by atoms with van der Waals surface area (Å²) in [5.74, 6) is -0.339. The van der Waals surface area contributed by atoms with Crippen molar-refractivity contribution in [2.24, 2.45) is 0 Å². The summed E-state index contributed by atoms with van der Waals surface area (Å²) in [6, 6.07) is 10.9. The predicted molar refractivity (Wildman–Crippen MR) is 87.7 cm³/mol. The smallest absolute Gasteiger partial charge is 0.145 e. The highest BCUT2D eigenvalue weighted by atomic mass is 35.5. The molecule has 0 saturated carbocycles. The third-order valence-corrected chi connectivity index (χ3v) is 4.04. The molecule has 0 aromatic heterocycles. The van der Waals surface area contributed by atoms with Crippen molar-refractivity contribution < 1.29 is 4.39 Å². The van der Waals surface area contributed by atoms with E-state index in [0.29, 0.717) is 17.0 Å². The van der Waals surface area contributed by atoms with Crippen LogP contribution in [0.4, 0.5) is 4.39 Å². The van der Waals surface area contributed by atoms with Gasteiger partial charge in [0.1, 0.15) is 5.82 Å². The Hall–Kier alpha value is -1.09. The zero-order chi connectivity index (χ0) is 15.4. The van der Waals surface area contributed by atoms with Crippen LogP contribution < -0.4 is 5.32 Å². The molecule has 0 heterocycles. The molecule has 1 unspecified atom stereocenters. The molecular weight excluding hydrogens is 308 g/mol. The molecule has 0 bridgehead atoms. The van der Waals surface area contributed by atoms with Gasteiger partial charge in [0.05, 0.1) is 5.02 Å². The van der Waals surface area contributed by atoms with E-state index in [2.05, 4.69) is 5.32 Å². The zero-order valence-corrected chi connectivity index (χ0v) is 13.6. The van der Waals surface area contributed by atoms with Crippen molar-refractivity contribution in [1.29, 1.82) is 0 Å². The van der Waals surface area contributed by atoms with Crippen LogP contribution in [0.25, 0.3) is 0 Å². The average molecular weight is 326 g/mol. The van der Waals surface area contributed by atoms with Gasteiger partial charge in [0.25, 0.3) is 0 Å². The van der Waals surface area contributed by atoms with Gasteiger partial charge in [0, 0.05) is 11.1 Å². The lowest BCUT2D eigenvalue weighted by atomic mass is 9.95. The molecule has 2 aromatic rings.